The van der Waals surface area contributed by atoms with Crippen molar-refractivity contribution in [1.82, 2.24) is 20.4 Å². The monoisotopic (exact) mass is 410 g/mol. The van der Waals surface area contributed by atoms with Gasteiger partial charge < -0.3 is 0 Å². The van der Waals surface area contributed by atoms with Crippen LogP contribution in [0.25, 0.3) is 21.6 Å². The van der Waals surface area contributed by atoms with Crippen molar-refractivity contribution in [2.24, 2.45) is 0 Å². The first-order valence-corrected chi connectivity index (χ1v) is 10.4. The summed E-state index contributed by atoms with van der Waals surface area (Å²) >= 11 is 1.59. The van der Waals surface area contributed by atoms with Crippen LogP contribution >= 0.6 is 11.3 Å². The minimum absolute atomic E-state index is 0.205. The average Bonchev–Trinajstić information content (AvgIpc) is 3.07. The third-order valence-electron chi connectivity index (χ3n) is 5.03. The minimum Gasteiger partial charge on any atom is -0.282 e. The van der Waals surface area contributed by atoms with Crippen LogP contribution in [0, 0.1) is 6.92 Å². The van der Waals surface area contributed by atoms with Crippen molar-refractivity contribution in [3.8, 4) is 11.4 Å². The number of rotatable bonds is 3. The summed E-state index contributed by atoms with van der Waals surface area (Å²) in [6, 6.07) is 7.71. The van der Waals surface area contributed by atoms with E-state index in [0.29, 0.717) is 11.2 Å². The van der Waals surface area contributed by atoms with E-state index in [1.807, 2.05) is 31.2 Å². The highest BCUT2D eigenvalue weighted by molar-refractivity contribution is 7.18. The van der Waals surface area contributed by atoms with Gasteiger partial charge in [-0.05, 0) is 44.2 Å². The van der Waals surface area contributed by atoms with Crippen molar-refractivity contribution < 1.29 is 9.59 Å². The highest BCUT2D eigenvalue weighted by atomic mass is 32.1. The average molecular weight is 410 g/mol. The Hall–Kier alpha value is -3.00. The third kappa shape index (κ3) is 3.80. The molecule has 1 aliphatic carbocycles. The molecule has 0 radical (unpaired) electrons. The largest absolute Gasteiger partial charge is 0.282 e. The maximum atomic E-state index is 13.5. The molecule has 0 saturated carbocycles. The molecule has 0 unspecified atom stereocenters. The molecule has 1 aromatic carbocycles. The van der Waals surface area contributed by atoms with Gasteiger partial charge in [-0.3, -0.25) is 29.8 Å². The number of amides is 2. The lowest BCUT2D eigenvalue weighted by Crippen LogP contribution is -2.43. The minimum atomic E-state index is -0.485. The molecule has 150 valence electrons. The summed E-state index contributed by atoms with van der Waals surface area (Å²) in [6.07, 6.45) is 4.02. The van der Waals surface area contributed by atoms with Crippen LogP contribution in [-0.4, -0.2) is 21.4 Å². The predicted molar refractivity (Wildman–Crippen MR) is 113 cm³/mol. The Balaban J connectivity index is 1.88. The van der Waals surface area contributed by atoms with Crippen LogP contribution in [0.2, 0.25) is 0 Å². The Morgan fingerprint density at radius 3 is 2.76 bits per heavy atom. The van der Waals surface area contributed by atoms with Gasteiger partial charge in [-0.1, -0.05) is 23.8 Å². The van der Waals surface area contributed by atoms with Gasteiger partial charge in [0.1, 0.15) is 17.2 Å². The van der Waals surface area contributed by atoms with Crippen LogP contribution in [0.3, 0.4) is 0 Å². The highest BCUT2D eigenvalue weighted by Gasteiger charge is 2.23. The number of aryl methyl sites for hydroxylation is 3. The number of hydrogen-bond donors (Lipinski definition) is 2. The Morgan fingerprint density at radius 1 is 1.21 bits per heavy atom. The number of nitrogens with one attached hydrogen (secondary N) is 2. The smallest absolute Gasteiger partial charge is 0.263 e. The second-order valence-electron chi connectivity index (χ2n) is 7.32. The SMILES string of the molecule is CC(=O)NNC(=O)Cn1c(-c2cccc(C)c2)nc2sc3c(c2c1=O)CCCC3. The van der Waals surface area contributed by atoms with Gasteiger partial charge in [-0.25, -0.2) is 4.98 Å². The van der Waals surface area contributed by atoms with Crippen LogP contribution in [0.1, 0.15) is 35.8 Å². The van der Waals surface area contributed by atoms with Gasteiger partial charge in [0.05, 0.1) is 5.39 Å². The van der Waals surface area contributed by atoms with Crippen LogP contribution in [0.5, 0.6) is 0 Å². The first kappa shape index (κ1) is 19.3. The molecule has 0 bridgehead atoms. The molecule has 2 amide bonds. The van der Waals surface area contributed by atoms with E-state index in [4.69, 9.17) is 4.98 Å². The molecule has 0 aliphatic heterocycles. The molecular weight excluding hydrogens is 388 g/mol. The molecular formula is C21H22N4O3S. The molecule has 0 spiro atoms. The van der Waals surface area contributed by atoms with Gasteiger partial charge in [-0.2, -0.15) is 0 Å². The summed E-state index contributed by atoms with van der Waals surface area (Å²) in [5, 5.41) is 0.633. The van der Waals surface area contributed by atoms with Gasteiger partial charge in [0.15, 0.2) is 0 Å². The molecule has 1 aliphatic rings. The van der Waals surface area contributed by atoms with E-state index in [1.54, 1.807) is 11.3 Å². The van der Waals surface area contributed by atoms with Gasteiger partial charge >= 0.3 is 0 Å². The molecule has 0 atom stereocenters. The first-order valence-electron chi connectivity index (χ1n) is 9.61. The van der Waals surface area contributed by atoms with Crippen molar-refractivity contribution in [2.45, 2.75) is 46.1 Å². The van der Waals surface area contributed by atoms with Crippen LogP contribution in [-0.2, 0) is 29.0 Å². The van der Waals surface area contributed by atoms with Crippen molar-refractivity contribution in [1.29, 1.82) is 0 Å². The lowest BCUT2D eigenvalue weighted by Gasteiger charge is -2.14. The zero-order chi connectivity index (χ0) is 20.5. The topological polar surface area (TPSA) is 93.1 Å². The second kappa shape index (κ2) is 7.79. The van der Waals surface area contributed by atoms with Crippen molar-refractivity contribution >= 4 is 33.4 Å². The van der Waals surface area contributed by atoms with E-state index in [-0.39, 0.29) is 18.0 Å². The molecule has 0 fully saturated rings. The van der Waals surface area contributed by atoms with Gasteiger partial charge in [0, 0.05) is 17.4 Å². The summed E-state index contributed by atoms with van der Waals surface area (Å²) in [7, 11) is 0. The van der Waals surface area contributed by atoms with E-state index < -0.39 is 5.91 Å². The first-order chi connectivity index (χ1) is 13.9. The fourth-order valence-corrected chi connectivity index (χ4v) is 4.98. The van der Waals surface area contributed by atoms with Gasteiger partial charge in [0.25, 0.3) is 11.5 Å². The molecule has 4 rings (SSSR count). The fourth-order valence-electron chi connectivity index (χ4n) is 3.73. The normalized spacial score (nSPS) is 13.2. The number of carbonyl (C=O) groups is 2. The lowest BCUT2D eigenvalue weighted by molar-refractivity contribution is -0.128. The van der Waals surface area contributed by atoms with Gasteiger partial charge in [-0.15, -0.1) is 11.3 Å². The van der Waals surface area contributed by atoms with Gasteiger partial charge in [0.2, 0.25) is 5.91 Å². The maximum absolute atomic E-state index is 13.5. The molecule has 7 nitrogen and oxygen atoms in total. The van der Waals surface area contributed by atoms with Crippen LogP contribution in [0.15, 0.2) is 29.1 Å². The van der Waals surface area contributed by atoms with Crippen LogP contribution in [0.4, 0.5) is 0 Å². The summed E-state index contributed by atoms with van der Waals surface area (Å²) in [5.41, 5.74) is 7.29. The zero-order valence-electron chi connectivity index (χ0n) is 16.4. The number of hydrogen-bond acceptors (Lipinski definition) is 5. The van der Waals surface area contributed by atoms with E-state index >= 15 is 0 Å². The Kier molecular flexibility index (Phi) is 5.19. The van der Waals surface area contributed by atoms with Crippen LogP contribution < -0.4 is 16.4 Å². The number of fused-ring (bicyclic) bond motifs is 3. The molecule has 0 saturated heterocycles. The summed E-state index contributed by atoms with van der Waals surface area (Å²) in [6.45, 7) is 3.05. The molecule has 2 aromatic heterocycles. The van der Waals surface area contributed by atoms with Crippen molar-refractivity contribution in [3.63, 3.8) is 0 Å². The molecule has 8 heteroatoms. The summed E-state index contributed by atoms with van der Waals surface area (Å²) in [4.78, 5) is 43.7. The van der Waals surface area contributed by atoms with E-state index in [9.17, 15) is 14.4 Å². The third-order valence-corrected chi connectivity index (χ3v) is 6.22. The number of aromatic nitrogens is 2. The van der Waals surface area contributed by atoms with Crippen molar-refractivity contribution in [3.05, 3.63) is 50.6 Å². The van der Waals surface area contributed by atoms with E-state index in [2.05, 4.69) is 10.9 Å². The molecule has 3 aromatic rings. The number of hydrazine groups is 1. The Labute approximate surface area is 171 Å². The Bertz CT molecular complexity index is 1180. The summed E-state index contributed by atoms with van der Waals surface area (Å²) in [5.74, 6) is -0.408. The fraction of sp³-hybridized carbons (Fsp3) is 0.333. The quantitative estimate of drug-likeness (QED) is 0.649. The van der Waals surface area contributed by atoms with Crippen molar-refractivity contribution in [2.75, 3.05) is 0 Å². The standard InChI is InChI=1S/C21H22N4O3S/c1-12-6-5-7-14(10-12)19-22-20-18(15-8-3-4-9-16(15)29-20)21(28)25(19)11-17(27)24-23-13(2)26/h5-7,10H,3-4,8-9,11H2,1-2H3,(H,23,26)(H,24,27). The van der Waals surface area contributed by atoms with E-state index in [1.165, 1.54) is 16.4 Å². The second-order valence-corrected chi connectivity index (χ2v) is 8.40. The Morgan fingerprint density at radius 2 is 2.00 bits per heavy atom. The molecule has 2 N–H and O–H groups in total. The lowest BCUT2D eigenvalue weighted by atomic mass is 9.97. The number of thiophene rings is 1. The van der Waals surface area contributed by atoms with E-state index in [0.717, 1.165) is 47.2 Å². The number of benzene rings is 1. The highest BCUT2D eigenvalue weighted by Crippen LogP contribution is 2.34. The summed E-state index contributed by atoms with van der Waals surface area (Å²) < 4.78 is 1.41. The maximum Gasteiger partial charge on any atom is 0.263 e. The zero-order valence-corrected chi connectivity index (χ0v) is 17.2. The number of carbonyl (C=O) groups excluding carboxylic acids is 2. The molecule has 2 heterocycles. The predicted octanol–water partition coefficient (Wildman–Crippen LogP) is 2.48. The number of nitrogens with zero attached hydrogens (tertiary/aromatic N) is 2. The molecule has 29 heavy (non-hydrogen) atoms.